The average molecular weight is 306 g/mol. The van der Waals surface area contributed by atoms with Gasteiger partial charge in [0, 0.05) is 13.1 Å². The summed E-state index contributed by atoms with van der Waals surface area (Å²) in [5.41, 5.74) is 1.13. The van der Waals surface area contributed by atoms with Crippen LogP contribution in [0.1, 0.15) is 12.5 Å². The van der Waals surface area contributed by atoms with Crippen molar-refractivity contribution in [1.29, 1.82) is 0 Å². The normalized spacial score (nSPS) is 16.0. The van der Waals surface area contributed by atoms with Gasteiger partial charge in [0.2, 0.25) is 5.91 Å². The molecule has 1 aromatic carbocycles. The number of benzene rings is 1. The first kappa shape index (κ1) is 16.3. The number of ether oxygens (including phenoxy) is 2. The van der Waals surface area contributed by atoms with Gasteiger partial charge in [-0.1, -0.05) is 17.7 Å². The molecule has 1 heterocycles. The number of nitrogens with one attached hydrogen (secondary N) is 1. The van der Waals surface area contributed by atoms with Crippen LogP contribution in [0.25, 0.3) is 0 Å². The molecular weight excluding hydrogens is 284 g/mol. The van der Waals surface area contributed by atoms with Gasteiger partial charge >= 0.3 is 0 Å². The van der Waals surface area contributed by atoms with Gasteiger partial charge < -0.3 is 19.7 Å². The van der Waals surface area contributed by atoms with E-state index in [-0.39, 0.29) is 18.4 Å². The van der Waals surface area contributed by atoms with Crippen molar-refractivity contribution < 1.29 is 19.1 Å². The van der Waals surface area contributed by atoms with Crippen LogP contribution in [0.2, 0.25) is 0 Å². The predicted octanol–water partition coefficient (Wildman–Crippen LogP) is 0.737. The largest absolute Gasteiger partial charge is 0.484 e. The van der Waals surface area contributed by atoms with Crippen LogP contribution >= 0.6 is 0 Å². The molecule has 120 valence electrons. The molecule has 1 N–H and O–H groups in total. The molecule has 1 aliphatic heterocycles. The number of morpholine rings is 1. The summed E-state index contributed by atoms with van der Waals surface area (Å²) in [6, 6.07) is 6.89. The molecule has 0 saturated carbocycles. The Morgan fingerprint density at radius 3 is 2.55 bits per heavy atom. The second-order valence-corrected chi connectivity index (χ2v) is 5.33. The third kappa shape index (κ3) is 4.73. The van der Waals surface area contributed by atoms with E-state index < -0.39 is 6.04 Å². The quantitative estimate of drug-likeness (QED) is 0.871. The average Bonchev–Trinajstić information content (AvgIpc) is 2.54. The van der Waals surface area contributed by atoms with Crippen molar-refractivity contribution in [1.82, 2.24) is 10.2 Å². The lowest BCUT2D eigenvalue weighted by molar-refractivity contribution is -0.139. The maximum Gasteiger partial charge on any atom is 0.258 e. The Kier molecular flexibility index (Phi) is 5.77. The highest BCUT2D eigenvalue weighted by atomic mass is 16.5. The van der Waals surface area contributed by atoms with Crippen molar-refractivity contribution in [2.45, 2.75) is 19.9 Å². The summed E-state index contributed by atoms with van der Waals surface area (Å²) >= 11 is 0. The summed E-state index contributed by atoms with van der Waals surface area (Å²) in [7, 11) is 0. The number of nitrogens with zero attached hydrogens (tertiary/aromatic N) is 1. The van der Waals surface area contributed by atoms with Crippen molar-refractivity contribution in [3.63, 3.8) is 0 Å². The zero-order valence-electron chi connectivity index (χ0n) is 13.0. The molecule has 2 rings (SSSR count). The lowest BCUT2D eigenvalue weighted by Gasteiger charge is -2.29. The van der Waals surface area contributed by atoms with Gasteiger partial charge in [0.05, 0.1) is 13.2 Å². The van der Waals surface area contributed by atoms with E-state index in [1.165, 1.54) is 0 Å². The van der Waals surface area contributed by atoms with Crippen LogP contribution in [0, 0.1) is 6.92 Å². The molecule has 1 aromatic rings. The molecule has 22 heavy (non-hydrogen) atoms. The minimum absolute atomic E-state index is 0.0908. The molecule has 6 nitrogen and oxygen atoms in total. The fourth-order valence-electron chi connectivity index (χ4n) is 2.19. The van der Waals surface area contributed by atoms with Crippen LogP contribution in [0.4, 0.5) is 0 Å². The lowest BCUT2D eigenvalue weighted by atomic mass is 10.2. The first-order chi connectivity index (χ1) is 10.6. The summed E-state index contributed by atoms with van der Waals surface area (Å²) in [4.78, 5) is 25.7. The predicted molar refractivity (Wildman–Crippen MR) is 81.7 cm³/mol. The summed E-state index contributed by atoms with van der Waals surface area (Å²) in [5, 5.41) is 2.66. The van der Waals surface area contributed by atoms with E-state index >= 15 is 0 Å². The Morgan fingerprint density at radius 1 is 1.27 bits per heavy atom. The van der Waals surface area contributed by atoms with Crippen molar-refractivity contribution >= 4 is 11.8 Å². The molecule has 6 heteroatoms. The lowest BCUT2D eigenvalue weighted by Crippen LogP contribution is -2.51. The van der Waals surface area contributed by atoms with Gasteiger partial charge in [0.25, 0.3) is 5.91 Å². The summed E-state index contributed by atoms with van der Waals surface area (Å²) in [6.45, 7) is 5.78. The molecule has 1 atom stereocenters. The third-order valence-corrected chi connectivity index (χ3v) is 3.46. The van der Waals surface area contributed by atoms with Crippen LogP contribution in [0.3, 0.4) is 0 Å². The van der Waals surface area contributed by atoms with Crippen LogP contribution in [0.15, 0.2) is 24.3 Å². The number of carbonyl (C=O) groups is 2. The summed E-state index contributed by atoms with van der Waals surface area (Å²) < 4.78 is 10.6. The molecule has 0 spiro atoms. The Bertz CT molecular complexity index is 509. The van der Waals surface area contributed by atoms with E-state index in [9.17, 15) is 9.59 Å². The maximum atomic E-state index is 12.2. The highest BCUT2D eigenvalue weighted by molar-refractivity contribution is 5.87. The maximum absolute atomic E-state index is 12.2. The zero-order chi connectivity index (χ0) is 15.9. The van der Waals surface area contributed by atoms with Gasteiger partial charge in [0.1, 0.15) is 11.8 Å². The molecule has 0 bridgehead atoms. The first-order valence-electron chi connectivity index (χ1n) is 7.41. The molecular formula is C16H22N2O4. The highest BCUT2D eigenvalue weighted by Gasteiger charge is 2.23. The molecule has 1 aliphatic rings. The van der Waals surface area contributed by atoms with Gasteiger partial charge in [-0.25, -0.2) is 0 Å². The number of hydrogen-bond donors (Lipinski definition) is 1. The number of rotatable bonds is 5. The van der Waals surface area contributed by atoms with Gasteiger partial charge in [0.15, 0.2) is 6.61 Å². The van der Waals surface area contributed by atoms with Crippen LogP contribution < -0.4 is 10.1 Å². The Morgan fingerprint density at radius 2 is 1.91 bits per heavy atom. The van der Waals surface area contributed by atoms with E-state index in [4.69, 9.17) is 9.47 Å². The Balaban J connectivity index is 1.75. The topological polar surface area (TPSA) is 67.9 Å². The molecule has 0 radical (unpaired) electrons. The summed E-state index contributed by atoms with van der Waals surface area (Å²) in [5.74, 6) is 0.231. The van der Waals surface area contributed by atoms with Crippen molar-refractivity contribution in [3.8, 4) is 5.75 Å². The standard InChI is InChI=1S/C16H22N2O4/c1-12-3-5-14(6-4-12)22-11-15(19)17-13(2)16(20)18-7-9-21-10-8-18/h3-6,13H,7-11H2,1-2H3,(H,17,19)/t13-/m0/s1. The number of hydrogen-bond acceptors (Lipinski definition) is 4. The van der Waals surface area contributed by atoms with Crippen molar-refractivity contribution in [2.24, 2.45) is 0 Å². The molecule has 1 fully saturated rings. The smallest absolute Gasteiger partial charge is 0.258 e. The van der Waals surface area contributed by atoms with Gasteiger partial charge in [-0.05, 0) is 26.0 Å². The number of aryl methyl sites for hydroxylation is 1. The SMILES string of the molecule is Cc1ccc(OCC(=O)N[C@@H](C)C(=O)N2CCOCC2)cc1. The van der Waals surface area contributed by atoms with Crippen molar-refractivity contribution in [2.75, 3.05) is 32.9 Å². The molecule has 0 aromatic heterocycles. The summed E-state index contributed by atoms with van der Waals surface area (Å²) in [6.07, 6.45) is 0. The van der Waals surface area contributed by atoms with Crippen molar-refractivity contribution in [3.05, 3.63) is 29.8 Å². The third-order valence-electron chi connectivity index (χ3n) is 3.46. The fourth-order valence-corrected chi connectivity index (χ4v) is 2.19. The highest BCUT2D eigenvalue weighted by Crippen LogP contribution is 2.11. The van der Waals surface area contributed by atoms with E-state index in [1.807, 2.05) is 31.2 Å². The van der Waals surface area contributed by atoms with Crippen LogP contribution in [0.5, 0.6) is 5.75 Å². The molecule has 1 saturated heterocycles. The van der Waals surface area contributed by atoms with E-state index in [0.29, 0.717) is 32.1 Å². The minimum atomic E-state index is -0.563. The zero-order valence-corrected chi connectivity index (χ0v) is 13.0. The van der Waals surface area contributed by atoms with E-state index in [1.54, 1.807) is 11.8 Å². The Labute approximate surface area is 130 Å². The van der Waals surface area contributed by atoms with Crippen LogP contribution in [-0.4, -0.2) is 55.7 Å². The molecule has 2 amide bonds. The fraction of sp³-hybridized carbons (Fsp3) is 0.500. The second-order valence-electron chi connectivity index (χ2n) is 5.33. The minimum Gasteiger partial charge on any atom is -0.484 e. The molecule has 0 aliphatic carbocycles. The monoisotopic (exact) mass is 306 g/mol. The second kappa shape index (κ2) is 7.79. The first-order valence-corrected chi connectivity index (χ1v) is 7.41. The Hall–Kier alpha value is -2.08. The number of amides is 2. The van der Waals surface area contributed by atoms with Gasteiger partial charge in [-0.3, -0.25) is 9.59 Å². The van der Waals surface area contributed by atoms with Gasteiger partial charge in [-0.15, -0.1) is 0 Å². The van der Waals surface area contributed by atoms with E-state index in [2.05, 4.69) is 5.32 Å². The van der Waals surface area contributed by atoms with Gasteiger partial charge in [-0.2, -0.15) is 0 Å². The van der Waals surface area contributed by atoms with E-state index in [0.717, 1.165) is 5.56 Å². The molecule has 0 unspecified atom stereocenters. The van der Waals surface area contributed by atoms with Crippen LogP contribution in [-0.2, 0) is 14.3 Å². The number of carbonyl (C=O) groups excluding carboxylic acids is 2.